The van der Waals surface area contributed by atoms with Crippen LogP contribution in [-0.2, 0) is 4.74 Å². The van der Waals surface area contributed by atoms with Crippen LogP contribution in [0.15, 0.2) is 22.4 Å². The molecule has 0 aromatic rings. The molecule has 0 fully saturated rings. The van der Waals surface area contributed by atoms with Crippen molar-refractivity contribution in [3.05, 3.63) is 22.4 Å². The van der Waals surface area contributed by atoms with Crippen LogP contribution in [0.3, 0.4) is 0 Å². The molecule has 0 aromatic carbocycles. The SMILES string of the molecule is CN1C=CC2OC1C=CI=C2N. The van der Waals surface area contributed by atoms with Gasteiger partial charge in [-0.1, -0.05) is 20.7 Å². The number of ether oxygens (including phenoxy) is 1. The molecule has 2 heterocycles. The lowest BCUT2D eigenvalue weighted by Gasteiger charge is -2.30. The summed E-state index contributed by atoms with van der Waals surface area (Å²) in [7, 11) is 2.00. The van der Waals surface area contributed by atoms with E-state index in [4.69, 9.17) is 10.5 Å². The predicted octanol–water partition coefficient (Wildman–Crippen LogP) is 0.743. The van der Waals surface area contributed by atoms with Crippen molar-refractivity contribution in [2.45, 2.75) is 12.3 Å². The van der Waals surface area contributed by atoms with E-state index >= 15 is 0 Å². The Hall–Kier alpha value is -0.200. The van der Waals surface area contributed by atoms with Gasteiger partial charge in [0.25, 0.3) is 0 Å². The highest BCUT2D eigenvalue weighted by Gasteiger charge is 2.22. The van der Waals surface area contributed by atoms with E-state index in [-0.39, 0.29) is 33.1 Å². The molecule has 0 aromatic heterocycles. The number of nitrogens with two attached hydrogens (primary N) is 1. The summed E-state index contributed by atoms with van der Waals surface area (Å²) in [6.07, 6.45) is 6.27. The fourth-order valence-corrected chi connectivity index (χ4v) is 2.85. The molecule has 3 nitrogen and oxygen atoms in total. The Morgan fingerprint density at radius 3 is 3.25 bits per heavy atom. The van der Waals surface area contributed by atoms with Crippen molar-refractivity contribution in [3.8, 4) is 0 Å². The van der Waals surface area contributed by atoms with Crippen LogP contribution in [0.25, 0.3) is 0 Å². The van der Waals surface area contributed by atoms with E-state index in [1.165, 1.54) is 0 Å². The maximum Gasteiger partial charge on any atom is 0.150 e. The zero-order chi connectivity index (χ0) is 8.55. The second-order valence-electron chi connectivity index (χ2n) is 2.77. The van der Waals surface area contributed by atoms with E-state index in [9.17, 15) is 0 Å². The van der Waals surface area contributed by atoms with Crippen molar-refractivity contribution in [2.24, 2.45) is 5.73 Å². The minimum absolute atomic E-state index is 0.0500. The van der Waals surface area contributed by atoms with Gasteiger partial charge in [-0.2, -0.15) is 0 Å². The summed E-state index contributed by atoms with van der Waals surface area (Å²) in [5, 5.41) is 0. The normalized spacial score (nSPS) is 33.8. The molecule has 2 bridgehead atoms. The zero-order valence-electron chi connectivity index (χ0n) is 6.77. The molecule has 2 rings (SSSR count). The van der Waals surface area contributed by atoms with Crippen LogP contribution in [0.2, 0.25) is 0 Å². The first-order chi connectivity index (χ1) is 5.77. The molecule has 0 spiro atoms. The van der Waals surface area contributed by atoms with Crippen molar-refractivity contribution in [1.82, 2.24) is 4.90 Å². The highest BCUT2D eigenvalue weighted by Crippen LogP contribution is 2.20. The van der Waals surface area contributed by atoms with Crippen molar-refractivity contribution in [3.63, 3.8) is 0 Å². The van der Waals surface area contributed by atoms with E-state index in [0.717, 1.165) is 3.63 Å². The molecule has 2 atom stereocenters. The van der Waals surface area contributed by atoms with E-state index < -0.39 is 0 Å². The summed E-state index contributed by atoms with van der Waals surface area (Å²) < 4.78 is 8.86. The van der Waals surface area contributed by atoms with Gasteiger partial charge in [0.05, 0.1) is 3.63 Å². The van der Waals surface area contributed by atoms with Gasteiger partial charge in [0.2, 0.25) is 0 Å². The zero-order valence-corrected chi connectivity index (χ0v) is 8.93. The lowest BCUT2D eigenvalue weighted by atomic mass is 10.3. The maximum absolute atomic E-state index is 5.85. The van der Waals surface area contributed by atoms with Gasteiger partial charge in [-0.05, 0) is 16.2 Å². The third-order valence-electron chi connectivity index (χ3n) is 1.88. The number of likely N-dealkylation sites (N-methyl/N-ethyl adjacent to an activating group) is 1. The Morgan fingerprint density at radius 1 is 1.58 bits per heavy atom. The third-order valence-corrected chi connectivity index (χ3v) is 3.99. The largest absolute Gasteiger partial charge is 0.352 e. The summed E-state index contributed by atoms with van der Waals surface area (Å²) in [6.45, 7) is 0. The van der Waals surface area contributed by atoms with Crippen molar-refractivity contribution in [1.29, 1.82) is 0 Å². The standard InChI is InChI=1S/C8H11IN2O/c1-11-5-3-6-8(10)9-4-2-7(11)12-6/h2-7H,10H2,1H3. The van der Waals surface area contributed by atoms with E-state index in [1.807, 2.05) is 24.2 Å². The summed E-state index contributed by atoms with van der Waals surface area (Å²) in [6, 6.07) is 0. The Morgan fingerprint density at radius 2 is 2.42 bits per heavy atom. The van der Waals surface area contributed by atoms with Gasteiger partial charge in [-0.3, -0.25) is 5.73 Å². The topological polar surface area (TPSA) is 38.5 Å². The van der Waals surface area contributed by atoms with Crippen LogP contribution in [0.4, 0.5) is 0 Å². The molecule has 0 saturated carbocycles. The fourth-order valence-electron chi connectivity index (χ4n) is 1.16. The van der Waals surface area contributed by atoms with Gasteiger partial charge >= 0.3 is 0 Å². The molecule has 4 heteroatoms. The fraction of sp³-hybridized carbons (Fsp3) is 0.375. The highest BCUT2D eigenvalue weighted by atomic mass is 127. The van der Waals surface area contributed by atoms with Gasteiger partial charge in [-0.15, -0.1) is 0 Å². The molecular weight excluding hydrogens is 267 g/mol. The van der Waals surface area contributed by atoms with Gasteiger partial charge in [0.1, 0.15) is 6.10 Å². The Balaban J connectivity index is 2.31. The second kappa shape index (κ2) is 3.27. The highest BCUT2D eigenvalue weighted by molar-refractivity contribution is 14.2. The molecule has 0 amide bonds. The number of nitrogens with zero attached hydrogens (tertiary/aromatic N) is 1. The number of rotatable bonds is 0. The van der Waals surface area contributed by atoms with Crippen molar-refractivity contribution >= 4 is 24.4 Å². The van der Waals surface area contributed by atoms with Crippen LogP contribution in [0.1, 0.15) is 0 Å². The molecule has 2 N–H and O–H groups in total. The average Bonchev–Trinajstić information content (AvgIpc) is 2.21. The summed E-state index contributed by atoms with van der Waals surface area (Å²) in [5.74, 6) is 0. The molecule has 0 radical (unpaired) electrons. The molecule has 0 aliphatic carbocycles. The number of halogens is 1. The summed E-state index contributed by atoms with van der Waals surface area (Å²) in [4.78, 5) is 2.04. The Labute approximate surface area is 81.6 Å². The minimum atomic E-state index is -0.118. The van der Waals surface area contributed by atoms with Gasteiger partial charge < -0.3 is 9.64 Å². The van der Waals surface area contributed by atoms with Crippen molar-refractivity contribution < 1.29 is 4.74 Å². The number of hydrogen-bond acceptors (Lipinski definition) is 3. The Kier molecular flexibility index (Phi) is 2.29. The monoisotopic (exact) mass is 278 g/mol. The average molecular weight is 278 g/mol. The summed E-state index contributed by atoms with van der Waals surface area (Å²) in [5.41, 5.74) is 5.85. The van der Waals surface area contributed by atoms with E-state index in [1.54, 1.807) is 0 Å². The van der Waals surface area contributed by atoms with E-state index in [2.05, 4.69) is 10.2 Å². The van der Waals surface area contributed by atoms with Gasteiger partial charge in [0, 0.05) is 13.2 Å². The molecule has 66 valence electrons. The number of fused-ring (bicyclic) bond motifs is 2. The third kappa shape index (κ3) is 1.46. The van der Waals surface area contributed by atoms with Gasteiger partial charge in [-0.25, -0.2) is 0 Å². The molecule has 2 aliphatic heterocycles. The maximum atomic E-state index is 5.85. The molecular formula is C8H11IN2O. The van der Waals surface area contributed by atoms with Crippen LogP contribution in [0, 0.1) is 0 Å². The predicted molar refractivity (Wildman–Crippen MR) is 57.9 cm³/mol. The first-order valence-corrected chi connectivity index (χ1v) is 6.08. The molecule has 2 aliphatic rings. The van der Waals surface area contributed by atoms with Crippen LogP contribution >= 0.6 is 20.7 Å². The lowest BCUT2D eigenvalue weighted by molar-refractivity contribution is -0.0120. The van der Waals surface area contributed by atoms with E-state index in [0.29, 0.717) is 0 Å². The summed E-state index contributed by atoms with van der Waals surface area (Å²) >= 11 is -0.118. The van der Waals surface area contributed by atoms with Crippen molar-refractivity contribution in [2.75, 3.05) is 7.05 Å². The molecule has 2 unspecified atom stereocenters. The number of hydrogen-bond donors (Lipinski definition) is 1. The van der Waals surface area contributed by atoms with Crippen LogP contribution < -0.4 is 5.73 Å². The molecule has 0 saturated heterocycles. The smallest absolute Gasteiger partial charge is 0.150 e. The minimum Gasteiger partial charge on any atom is -0.352 e. The second-order valence-corrected chi connectivity index (χ2v) is 5.35. The lowest BCUT2D eigenvalue weighted by Crippen LogP contribution is -2.40. The quantitative estimate of drug-likeness (QED) is 0.664. The van der Waals surface area contributed by atoms with Crippen LogP contribution in [0.5, 0.6) is 0 Å². The first-order valence-electron chi connectivity index (χ1n) is 3.75. The Bertz CT molecular complexity index is 272. The van der Waals surface area contributed by atoms with Crippen LogP contribution in [-0.4, -0.2) is 27.9 Å². The first kappa shape index (κ1) is 8.40. The van der Waals surface area contributed by atoms with Gasteiger partial charge in [0.15, 0.2) is 6.23 Å². The molecule has 12 heavy (non-hydrogen) atoms.